The SMILES string of the molecule is CN(C)c1ccc(NC(=O)CSc2ncccn2)cc1. The van der Waals surface area contributed by atoms with Crippen molar-refractivity contribution in [2.24, 2.45) is 0 Å². The summed E-state index contributed by atoms with van der Waals surface area (Å²) < 4.78 is 0. The zero-order chi connectivity index (χ0) is 14.4. The molecule has 5 nitrogen and oxygen atoms in total. The van der Waals surface area contributed by atoms with E-state index in [1.807, 2.05) is 43.3 Å². The van der Waals surface area contributed by atoms with Gasteiger partial charge in [0.15, 0.2) is 5.16 Å². The van der Waals surface area contributed by atoms with Crippen LogP contribution in [0.4, 0.5) is 11.4 Å². The lowest BCUT2D eigenvalue weighted by atomic mass is 10.2. The van der Waals surface area contributed by atoms with E-state index in [0.29, 0.717) is 10.9 Å². The Morgan fingerprint density at radius 3 is 2.45 bits per heavy atom. The van der Waals surface area contributed by atoms with E-state index >= 15 is 0 Å². The molecule has 0 saturated heterocycles. The summed E-state index contributed by atoms with van der Waals surface area (Å²) in [5, 5.41) is 3.45. The molecule has 1 amide bonds. The van der Waals surface area contributed by atoms with E-state index in [9.17, 15) is 4.79 Å². The molecular formula is C14H16N4OS. The van der Waals surface area contributed by atoms with Crippen LogP contribution in [-0.2, 0) is 4.79 Å². The lowest BCUT2D eigenvalue weighted by Crippen LogP contribution is -2.14. The van der Waals surface area contributed by atoms with E-state index in [1.165, 1.54) is 11.8 Å². The summed E-state index contributed by atoms with van der Waals surface area (Å²) in [6.45, 7) is 0. The molecule has 0 aliphatic carbocycles. The van der Waals surface area contributed by atoms with Crippen molar-refractivity contribution in [1.29, 1.82) is 0 Å². The van der Waals surface area contributed by atoms with Gasteiger partial charge in [-0.15, -0.1) is 0 Å². The minimum atomic E-state index is -0.0694. The maximum atomic E-state index is 11.8. The van der Waals surface area contributed by atoms with Gasteiger partial charge in [-0.1, -0.05) is 11.8 Å². The molecule has 1 aromatic heterocycles. The second kappa shape index (κ2) is 6.91. The predicted octanol–water partition coefficient (Wildman–Crippen LogP) is 2.27. The fraction of sp³-hybridized carbons (Fsp3) is 0.214. The van der Waals surface area contributed by atoms with Crippen molar-refractivity contribution >= 4 is 29.0 Å². The van der Waals surface area contributed by atoms with Gasteiger partial charge in [0, 0.05) is 37.9 Å². The smallest absolute Gasteiger partial charge is 0.234 e. The fourth-order valence-electron chi connectivity index (χ4n) is 1.53. The van der Waals surface area contributed by atoms with E-state index in [4.69, 9.17) is 0 Å². The topological polar surface area (TPSA) is 58.1 Å². The molecule has 0 fully saturated rings. The van der Waals surface area contributed by atoms with Gasteiger partial charge in [0.1, 0.15) is 0 Å². The van der Waals surface area contributed by atoms with Gasteiger partial charge in [-0.25, -0.2) is 9.97 Å². The van der Waals surface area contributed by atoms with Gasteiger partial charge in [0.05, 0.1) is 5.75 Å². The zero-order valence-electron chi connectivity index (χ0n) is 11.4. The van der Waals surface area contributed by atoms with Crippen LogP contribution in [0.2, 0.25) is 0 Å². The highest BCUT2D eigenvalue weighted by atomic mass is 32.2. The molecule has 6 heteroatoms. The number of carbonyl (C=O) groups is 1. The molecule has 1 N–H and O–H groups in total. The van der Waals surface area contributed by atoms with Crippen LogP contribution >= 0.6 is 11.8 Å². The van der Waals surface area contributed by atoms with Gasteiger partial charge in [-0.3, -0.25) is 4.79 Å². The summed E-state index contributed by atoms with van der Waals surface area (Å²) in [7, 11) is 3.95. The maximum absolute atomic E-state index is 11.8. The molecule has 0 unspecified atom stereocenters. The number of hydrogen-bond acceptors (Lipinski definition) is 5. The van der Waals surface area contributed by atoms with Crippen LogP contribution in [0.1, 0.15) is 0 Å². The molecule has 1 aromatic carbocycles. The molecule has 2 rings (SSSR count). The number of hydrogen-bond donors (Lipinski definition) is 1. The Kier molecular flexibility index (Phi) is 4.95. The molecular weight excluding hydrogens is 272 g/mol. The number of anilines is 2. The summed E-state index contributed by atoms with van der Waals surface area (Å²) in [6, 6.07) is 9.44. The van der Waals surface area contributed by atoms with E-state index in [0.717, 1.165) is 11.4 Å². The van der Waals surface area contributed by atoms with Crippen molar-refractivity contribution in [3.63, 3.8) is 0 Å². The minimum Gasteiger partial charge on any atom is -0.378 e. The van der Waals surface area contributed by atoms with Crippen molar-refractivity contribution in [2.45, 2.75) is 5.16 Å². The Hall–Kier alpha value is -2.08. The number of amides is 1. The lowest BCUT2D eigenvalue weighted by molar-refractivity contribution is -0.113. The van der Waals surface area contributed by atoms with E-state index < -0.39 is 0 Å². The molecule has 2 aromatic rings. The van der Waals surface area contributed by atoms with Gasteiger partial charge in [-0.2, -0.15) is 0 Å². The van der Waals surface area contributed by atoms with Gasteiger partial charge in [0.25, 0.3) is 0 Å². The first-order chi connectivity index (χ1) is 9.65. The number of nitrogens with one attached hydrogen (secondary N) is 1. The molecule has 0 saturated carbocycles. The molecule has 0 atom stereocenters. The molecule has 0 bridgehead atoms. The van der Waals surface area contributed by atoms with Crippen molar-refractivity contribution in [3.05, 3.63) is 42.7 Å². The third kappa shape index (κ3) is 4.24. The zero-order valence-corrected chi connectivity index (χ0v) is 12.2. The number of nitrogens with zero attached hydrogens (tertiary/aromatic N) is 3. The molecule has 0 aliphatic rings. The van der Waals surface area contributed by atoms with Gasteiger partial charge >= 0.3 is 0 Å². The van der Waals surface area contributed by atoms with E-state index in [1.54, 1.807) is 18.5 Å². The Labute approximate surface area is 122 Å². The van der Waals surface area contributed by atoms with Crippen molar-refractivity contribution in [3.8, 4) is 0 Å². The number of rotatable bonds is 5. The second-order valence-electron chi connectivity index (χ2n) is 4.31. The molecule has 0 aliphatic heterocycles. The van der Waals surface area contributed by atoms with Crippen LogP contribution in [0.5, 0.6) is 0 Å². The third-order valence-electron chi connectivity index (χ3n) is 2.54. The summed E-state index contributed by atoms with van der Waals surface area (Å²) in [5.41, 5.74) is 1.88. The average molecular weight is 288 g/mol. The van der Waals surface area contributed by atoms with Crippen LogP contribution < -0.4 is 10.2 Å². The largest absolute Gasteiger partial charge is 0.378 e. The lowest BCUT2D eigenvalue weighted by Gasteiger charge is -2.12. The molecule has 0 spiro atoms. The van der Waals surface area contributed by atoms with Gasteiger partial charge in [0.2, 0.25) is 5.91 Å². The molecule has 104 valence electrons. The number of aromatic nitrogens is 2. The summed E-state index contributed by atoms with van der Waals surface area (Å²) in [5.74, 6) is 0.222. The van der Waals surface area contributed by atoms with E-state index in [2.05, 4.69) is 15.3 Å². The third-order valence-corrected chi connectivity index (χ3v) is 3.42. The summed E-state index contributed by atoms with van der Waals surface area (Å²) in [4.78, 5) is 21.9. The quantitative estimate of drug-likeness (QED) is 0.675. The minimum absolute atomic E-state index is 0.0694. The van der Waals surface area contributed by atoms with Gasteiger partial charge < -0.3 is 10.2 Å². The van der Waals surface area contributed by atoms with Crippen molar-refractivity contribution < 1.29 is 4.79 Å². The van der Waals surface area contributed by atoms with Crippen molar-refractivity contribution in [1.82, 2.24) is 9.97 Å². The highest BCUT2D eigenvalue weighted by Gasteiger charge is 2.05. The number of carbonyl (C=O) groups excluding carboxylic acids is 1. The van der Waals surface area contributed by atoms with Crippen LogP contribution in [0.15, 0.2) is 47.9 Å². The first kappa shape index (κ1) is 14.3. The Balaban J connectivity index is 1.85. The first-order valence-electron chi connectivity index (χ1n) is 6.12. The molecule has 20 heavy (non-hydrogen) atoms. The fourth-order valence-corrected chi connectivity index (χ4v) is 2.13. The normalized spacial score (nSPS) is 10.1. The van der Waals surface area contributed by atoms with E-state index in [-0.39, 0.29) is 5.91 Å². The molecule has 0 radical (unpaired) electrons. The van der Waals surface area contributed by atoms with Crippen molar-refractivity contribution in [2.75, 3.05) is 30.1 Å². The van der Waals surface area contributed by atoms with Crippen LogP contribution in [0.25, 0.3) is 0 Å². The van der Waals surface area contributed by atoms with Crippen LogP contribution in [-0.4, -0.2) is 35.7 Å². The van der Waals surface area contributed by atoms with Crippen LogP contribution in [0, 0.1) is 0 Å². The monoisotopic (exact) mass is 288 g/mol. The number of benzene rings is 1. The number of thioether (sulfide) groups is 1. The second-order valence-corrected chi connectivity index (χ2v) is 5.25. The highest BCUT2D eigenvalue weighted by molar-refractivity contribution is 7.99. The van der Waals surface area contributed by atoms with Gasteiger partial charge in [-0.05, 0) is 30.3 Å². The summed E-state index contributed by atoms with van der Waals surface area (Å²) >= 11 is 1.31. The Morgan fingerprint density at radius 2 is 1.85 bits per heavy atom. The first-order valence-corrected chi connectivity index (χ1v) is 7.11. The molecule has 1 heterocycles. The average Bonchev–Trinajstić information content (AvgIpc) is 2.47. The summed E-state index contributed by atoms with van der Waals surface area (Å²) in [6.07, 6.45) is 3.32. The Morgan fingerprint density at radius 1 is 1.20 bits per heavy atom. The Bertz CT molecular complexity index is 557. The maximum Gasteiger partial charge on any atom is 0.234 e. The highest BCUT2D eigenvalue weighted by Crippen LogP contribution is 2.16. The van der Waals surface area contributed by atoms with Crippen LogP contribution in [0.3, 0.4) is 0 Å². The standard InChI is InChI=1S/C14H16N4OS/c1-18(2)12-6-4-11(5-7-12)17-13(19)10-20-14-15-8-3-9-16-14/h3-9H,10H2,1-2H3,(H,17,19). The predicted molar refractivity (Wildman–Crippen MR) is 82.2 cm³/mol.